The number of benzene rings is 6. The number of nitrogens with two attached hydrogens (primary N) is 2. The molecule has 0 radical (unpaired) electrons. The zero-order valence-corrected chi connectivity index (χ0v) is 45.1. The fourth-order valence-corrected chi connectivity index (χ4v) is 8.23. The monoisotopic (exact) mass is 1070 g/mol. The highest BCUT2D eigenvalue weighted by Gasteiger charge is 2.27. The van der Waals surface area contributed by atoms with Crippen LogP contribution in [0.25, 0.3) is 11.4 Å². The van der Waals surface area contributed by atoms with Gasteiger partial charge in [0.2, 0.25) is 20.0 Å². The van der Waals surface area contributed by atoms with Crippen molar-refractivity contribution in [3.63, 3.8) is 0 Å². The second kappa shape index (κ2) is 27.2. The lowest BCUT2D eigenvalue weighted by molar-refractivity contribution is 0.0931. The zero-order valence-electron chi connectivity index (χ0n) is 43.5. The third-order valence-corrected chi connectivity index (χ3v) is 14.0. The lowest BCUT2D eigenvalue weighted by atomic mass is 9.93. The maximum absolute atomic E-state index is 13.3. The van der Waals surface area contributed by atoms with Gasteiger partial charge in [-0.05, 0) is 123 Å². The molecule has 0 aliphatic rings. The first-order valence-corrected chi connectivity index (χ1v) is 26.8. The molecule has 0 aliphatic heterocycles. The summed E-state index contributed by atoms with van der Waals surface area (Å²) in [4.78, 5) is 30.2. The number of nitrogens with one attached hydrogen (secondary N) is 3. The van der Waals surface area contributed by atoms with Crippen molar-refractivity contribution in [3.05, 3.63) is 202 Å². The van der Waals surface area contributed by atoms with Gasteiger partial charge in [0.15, 0.2) is 5.82 Å². The van der Waals surface area contributed by atoms with E-state index in [4.69, 9.17) is 11.5 Å². The zero-order chi connectivity index (χ0) is 53.7. The van der Waals surface area contributed by atoms with Gasteiger partial charge in [0.25, 0.3) is 11.8 Å². The van der Waals surface area contributed by atoms with Gasteiger partial charge in [0.05, 0.1) is 41.5 Å². The van der Waals surface area contributed by atoms with Crippen molar-refractivity contribution in [1.82, 2.24) is 38.1 Å². The molecule has 0 saturated heterocycles. The van der Waals surface area contributed by atoms with E-state index in [0.717, 1.165) is 38.7 Å². The van der Waals surface area contributed by atoms with Crippen LogP contribution < -0.4 is 43.0 Å². The van der Waals surface area contributed by atoms with Crippen molar-refractivity contribution >= 4 is 43.2 Å². The summed E-state index contributed by atoms with van der Waals surface area (Å²) in [6.07, 6.45) is 3.65. The molecule has 0 saturated carbocycles. The van der Waals surface area contributed by atoms with Crippen LogP contribution in [-0.2, 0) is 38.4 Å². The average molecular weight is 1070 g/mol. The van der Waals surface area contributed by atoms with Gasteiger partial charge in [0.1, 0.15) is 17.5 Å². The van der Waals surface area contributed by atoms with Crippen molar-refractivity contribution in [2.75, 3.05) is 35.2 Å². The Morgan fingerprint density at radius 1 is 0.640 bits per heavy atom. The van der Waals surface area contributed by atoms with Gasteiger partial charge in [-0.25, -0.2) is 30.6 Å². The van der Waals surface area contributed by atoms with Gasteiger partial charge < -0.3 is 34.4 Å². The van der Waals surface area contributed by atoms with Gasteiger partial charge in [0, 0.05) is 36.8 Å². The third kappa shape index (κ3) is 18.5. The highest BCUT2D eigenvalue weighted by Crippen LogP contribution is 2.29. The van der Waals surface area contributed by atoms with Gasteiger partial charge in [-0.2, -0.15) is 5.10 Å². The molecule has 21 heteroatoms. The Kier molecular flexibility index (Phi) is 22.5. The topological polar surface area (TPSA) is 297 Å². The summed E-state index contributed by atoms with van der Waals surface area (Å²) in [7, 11) is -4.20. The molecule has 75 heavy (non-hydrogen) atoms. The smallest absolute Gasteiger partial charge is 0.251 e. The summed E-state index contributed by atoms with van der Waals surface area (Å²) >= 11 is 0. The molecule has 0 fully saturated rings. The first kappa shape index (κ1) is 61.9. The number of sulfonamides is 2. The van der Waals surface area contributed by atoms with E-state index >= 15 is 0 Å². The molecular weight excluding hydrogens is 1000 g/mol. The molecule has 6 aromatic carbocycles. The number of halogens is 2. The predicted molar refractivity (Wildman–Crippen MR) is 295 cm³/mol. The molecule has 1 aromatic heterocycles. The first-order chi connectivity index (χ1) is 34.3. The van der Waals surface area contributed by atoms with Gasteiger partial charge in [-0.1, -0.05) is 91.0 Å². The Morgan fingerprint density at radius 2 is 1.09 bits per heavy atom. The van der Waals surface area contributed by atoms with Crippen LogP contribution in [0.2, 0.25) is 0 Å². The van der Waals surface area contributed by atoms with E-state index in [0.29, 0.717) is 34.6 Å². The molecule has 1 heterocycles. The average Bonchev–Trinajstić information content (AvgIpc) is 3.86. The minimum absolute atomic E-state index is 0. The number of aromatic amines is 1. The molecule has 402 valence electrons. The summed E-state index contributed by atoms with van der Waals surface area (Å²) in [5.41, 5.74) is 16.8. The van der Waals surface area contributed by atoms with E-state index in [1.54, 1.807) is 68.4 Å². The Hall–Kier alpha value is -7.40. The van der Waals surface area contributed by atoms with Crippen molar-refractivity contribution in [3.8, 4) is 11.4 Å². The van der Waals surface area contributed by atoms with Crippen LogP contribution >= 0.6 is 0 Å². The maximum Gasteiger partial charge on any atom is 0.251 e. The standard InChI is InChI=1S/C28H31FN6O3S.C17H19FN2O3S.C9H13N.2H3N/c1-18(20-10-12-23(29)13-11-20)31-26(36)22-14-21(15-24(16-22)35(3)39(4,37)38)25-32-27(34-33-25)28(2,30)17-19-8-6-5-7-9-19;1-12(13-7-9-15(18)10-8-13)19-17(21)14-5-4-6-16(11-14)20(2)24(3,22)23;1-8(10)7-9-5-3-2-4-6-9;;/h5-16,18H,17,30H2,1-4H3,(H,31,36)(H,32,33,34);4-12H,1-3H3,(H,19,21);2-6,8H,7,10H2,1H3;2*1H3/t18-,28-;12-;8-;;/m111../s1. The van der Waals surface area contributed by atoms with Crippen LogP contribution in [-0.4, -0.2) is 76.5 Å². The minimum atomic E-state index is -3.62. The van der Waals surface area contributed by atoms with Crippen LogP contribution in [0, 0.1) is 11.6 Å². The van der Waals surface area contributed by atoms with Gasteiger partial charge in [-0.15, -0.1) is 0 Å². The first-order valence-electron chi connectivity index (χ1n) is 23.1. The normalized spacial score (nSPS) is 13.0. The molecular formula is C54H69F2N11O6S2. The number of anilines is 2. The number of H-pyrrole nitrogens is 1. The summed E-state index contributed by atoms with van der Waals surface area (Å²) in [6.45, 7) is 7.42. The van der Waals surface area contributed by atoms with E-state index < -0.39 is 37.5 Å². The third-order valence-electron chi connectivity index (χ3n) is 11.5. The largest absolute Gasteiger partial charge is 0.346 e. The Labute approximate surface area is 439 Å². The van der Waals surface area contributed by atoms with Crippen LogP contribution in [0.1, 0.15) is 88.6 Å². The second-order valence-electron chi connectivity index (χ2n) is 18.0. The van der Waals surface area contributed by atoms with E-state index in [-0.39, 0.29) is 59.0 Å². The van der Waals surface area contributed by atoms with Gasteiger partial charge >= 0.3 is 0 Å². The molecule has 7 aromatic rings. The molecule has 13 N–H and O–H groups in total. The molecule has 4 atom stereocenters. The number of aromatic nitrogens is 3. The summed E-state index contributed by atoms with van der Waals surface area (Å²) in [5.74, 6) is -0.787. The van der Waals surface area contributed by atoms with Crippen LogP contribution in [0.4, 0.5) is 20.2 Å². The highest BCUT2D eigenvalue weighted by atomic mass is 32.2. The van der Waals surface area contributed by atoms with E-state index in [1.807, 2.05) is 62.4 Å². The number of carbonyl (C=O) groups is 2. The molecule has 0 aliphatic carbocycles. The number of hydrogen-bond donors (Lipinski definition) is 7. The summed E-state index contributed by atoms with van der Waals surface area (Å²) < 4.78 is 76.3. The quantitative estimate of drug-likeness (QED) is 0.0479. The lowest BCUT2D eigenvalue weighted by Crippen LogP contribution is -2.36. The summed E-state index contributed by atoms with van der Waals surface area (Å²) in [6, 6.07) is 42.3. The Morgan fingerprint density at radius 3 is 1.57 bits per heavy atom. The number of rotatable bonds is 16. The van der Waals surface area contributed by atoms with Crippen LogP contribution in [0.5, 0.6) is 0 Å². The molecule has 2 amide bonds. The Balaban J connectivity index is 0.000000349. The van der Waals surface area contributed by atoms with Crippen LogP contribution in [0.3, 0.4) is 0 Å². The predicted octanol–water partition coefficient (Wildman–Crippen LogP) is 8.53. The number of hydrogen-bond acceptors (Lipinski definition) is 12. The molecule has 7 rings (SSSR count). The van der Waals surface area contributed by atoms with E-state index in [1.165, 1.54) is 56.1 Å². The maximum atomic E-state index is 13.3. The SMILES string of the molecule is C[C@@H](N)Cc1ccccc1.C[C@@H](NC(=O)c1cc(-c2n[nH]c([C@](C)(N)Cc3ccccc3)n2)cc(N(C)S(C)(=O)=O)c1)c1ccc(F)cc1.C[C@@H](NC(=O)c1cccc(N(C)S(C)(=O)=O)c1)c1ccc(F)cc1.N.N. The lowest BCUT2D eigenvalue weighted by Gasteiger charge is -2.21. The Bertz CT molecular complexity index is 3170. The van der Waals surface area contributed by atoms with Crippen molar-refractivity contribution in [1.29, 1.82) is 0 Å². The molecule has 0 unspecified atom stereocenters. The van der Waals surface area contributed by atoms with Crippen LogP contribution in [0.15, 0.2) is 152 Å². The van der Waals surface area contributed by atoms with Crippen molar-refractivity contribution < 1.29 is 35.2 Å². The molecule has 0 spiro atoms. The second-order valence-corrected chi connectivity index (χ2v) is 22.1. The highest BCUT2D eigenvalue weighted by molar-refractivity contribution is 7.92. The minimum Gasteiger partial charge on any atom is -0.346 e. The summed E-state index contributed by atoms with van der Waals surface area (Å²) in [5, 5.41) is 12.9. The number of nitrogens with zero attached hydrogens (tertiary/aromatic N) is 4. The molecule has 0 bridgehead atoms. The number of amides is 2. The van der Waals surface area contributed by atoms with Crippen molar-refractivity contribution in [2.45, 2.75) is 64.2 Å². The van der Waals surface area contributed by atoms with Gasteiger partial charge in [-0.3, -0.25) is 23.3 Å². The number of carbonyl (C=O) groups excluding carboxylic acids is 2. The van der Waals surface area contributed by atoms with E-state index in [2.05, 4.69) is 37.9 Å². The molecule has 17 nitrogen and oxygen atoms in total. The van der Waals surface area contributed by atoms with E-state index in [9.17, 15) is 35.2 Å². The fourth-order valence-electron chi connectivity index (χ4n) is 7.24. The van der Waals surface area contributed by atoms with Crippen molar-refractivity contribution in [2.24, 2.45) is 11.5 Å². The fraction of sp³-hybridized carbons (Fsp3) is 0.259.